The Balaban J connectivity index is 1.46. The summed E-state index contributed by atoms with van der Waals surface area (Å²) in [6.45, 7) is 2.95. The number of benzene rings is 1. The molecule has 0 radical (unpaired) electrons. The predicted molar refractivity (Wildman–Crippen MR) is 105 cm³/mol. The van der Waals surface area contributed by atoms with Crippen LogP contribution in [0.5, 0.6) is 0 Å². The van der Waals surface area contributed by atoms with E-state index >= 15 is 0 Å². The first-order valence-electron chi connectivity index (χ1n) is 9.59. The van der Waals surface area contributed by atoms with E-state index in [1.807, 2.05) is 30.3 Å². The van der Waals surface area contributed by atoms with Crippen LogP contribution < -0.4 is 10.9 Å². The highest BCUT2D eigenvalue weighted by Crippen LogP contribution is 2.17. The van der Waals surface area contributed by atoms with Crippen molar-refractivity contribution in [1.29, 1.82) is 0 Å². The highest BCUT2D eigenvalue weighted by molar-refractivity contribution is 5.95. The van der Waals surface area contributed by atoms with E-state index in [9.17, 15) is 9.59 Å². The molecular weight excluding hydrogens is 372 g/mol. The summed E-state index contributed by atoms with van der Waals surface area (Å²) in [5.41, 5.74) is 1.21. The largest absolute Gasteiger partial charge is 0.419 e. The van der Waals surface area contributed by atoms with Crippen molar-refractivity contribution in [2.24, 2.45) is 0 Å². The van der Waals surface area contributed by atoms with Crippen LogP contribution in [0.25, 0.3) is 11.5 Å². The van der Waals surface area contributed by atoms with Gasteiger partial charge in [0.1, 0.15) is 5.56 Å². The number of hydrogen-bond donors (Lipinski definition) is 1. The lowest BCUT2D eigenvalue weighted by Gasteiger charge is -2.14. The Hall–Kier alpha value is -3.26. The molecule has 3 aromatic rings. The Kier molecular flexibility index (Phi) is 5.53. The number of rotatable bonds is 6. The summed E-state index contributed by atoms with van der Waals surface area (Å²) < 4.78 is 12.7. The highest BCUT2D eigenvalue weighted by atomic mass is 16.5. The molecule has 2 aromatic heterocycles. The molecule has 0 spiro atoms. The summed E-state index contributed by atoms with van der Waals surface area (Å²) in [6, 6.07) is 11.1. The van der Waals surface area contributed by atoms with Crippen molar-refractivity contribution in [1.82, 2.24) is 20.1 Å². The molecule has 1 unspecified atom stereocenters. The van der Waals surface area contributed by atoms with Crippen molar-refractivity contribution < 1.29 is 13.9 Å². The van der Waals surface area contributed by atoms with E-state index in [0.29, 0.717) is 24.6 Å². The first kappa shape index (κ1) is 19.1. The van der Waals surface area contributed by atoms with E-state index in [1.54, 1.807) is 19.2 Å². The maximum Gasteiger partial charge on any atom is 0.263 e. The Labute approximate surface area is 167 Å². The Bertz CT molecular complexity index is 1050. The zero-order chi connectivity index (χ0) is 20.2. The lowest BCUT2D eigenvalue weighted by molar-refractivity contribution is 0.0926. The molecule has 1 N–H and O–H groups in total. The van der Waals surface area contributed by atoms with Gasteiger partial charge >= 0.3 is 0 Å². The van der Waals surface area contributed by atoms with Crippen molar-refractivity contribution in [3.05, 3.63) is 70.0 Å². The Morgan fingerprint density at radius 1 is 1.24 bits per heavy atom. The van der Waals surface area contributed by atoms with Crippen LogP contribution in [0, 0.1) is 6.92 Å². The average molecular weight is 394 g/mol. The first-order valence-corrected chi connectivity index (χ1v) is 9.59. The van der Waals surface area contributed by atoms with Crippen LogP contribution in [-0.4, -0.2) is 33.4 Å². The second kappa shape index (κ2) is 8.40. The topological polar surface area (TPSA) is 99.2 Å². The summed E-state index contributed by atoms with van der Waals surface area (Å²) in [5, 5.41) is 10.7. The normalized spacial score (nSPS) is 16.1. The highest BCUT2D eigenvalue weighted by Gasteiger charge is 2.20. The standard InChI is InChI=1S/C21H22N4O4/c1-14-9-10-25(13-16-8-5-11-28-16)21(27)18(14)19(26)22-12-17-23-24-20(29-17)15-6-3-2-4-7-15/h2-4,6-7,9-10,16H,5,8,11-13H2,1H3,(H,22,26). The Morgan fingerprint density at radius 2 is 2.07 bits per heavy atom. The molecule has 150 valence electrons. The van der Waals surface area contributed by atoms with Gasteiger partial charge in [0.2, 0.25) is 11.8 Å². The maximum absolute atomic E-state index is 12.8. The molecule has 1 aliphatic heterocycles. The minimum Gasteiger partial charge on any atom is -0.419 e. The molecule has 8 heteroatoms. The van der Waals surface area contributed by atoms with Gasteiger partial charge < -0.3 is 19.0 Å². The second-order valence-corrected chi connectivity index (χ2v) is 7.02. The third kappa shape index (κ3) is 4.27. The summed E-state index contributed by atoms with van der Waals surface area (Å²) in [6.07, 6.45) is 3.64. The minimum absolute atomic E-state index is 0.0149. The molecule has 1 saturated heterocycles. The smallest absolute Gasteiger partial charge is 0.263 e. The van der Waals surface area contributed by atoms with E-state index in [4.69, 9.17) is 9.15 Å². The van der Waals surface area contributed by atoms with Gasteiger partial charge in [-0.25, -0.2) is 0 Å². The van der Waals surface area contributed by atoms with E-state index < -0.39 is 5.91 Å². The maximum atomic E-state index is 12.8. The van der Waals surface area contributed by atoms with Crippen LogP contribution in [0.15, 0.2) is 51.8 Å². The number of pyridine rings is 1. The molecule has 0 bridgehead atoms. The van der Waals surface area contributed by atoms with Gasteiger partial charge in [-0.15, -0.1) is 10.2 Å². The number of aryl methyl sites for hydroxylation is 1. The second-order valence-electron chi connectivity index (χ2n) is 7.02. The average Bonchev–Trinajstić information content (AvgIpc) is 3.41. The fourth-order valence-corrected chi connectivity index (χ4v) is 3.36. The molecule has 1 amide bonds. The zero-order valence-corrected chi connectivity index (χ0v) is 16.1. The van der Waals surface area contributed by atoms with Crippen LogP contribution in [-0.2, 0) is 17.8 Å². The van der Waals surface area contributed by atoms with Crippen molar-refractivity contribution in [3.8, 4) is 11.5 Å². The Morgan fingerprint density at radius 3 is 2.83 bits per heavy atom. The van der Waals surface area contributed by atoms with Gasteiger partial charge in [0.05, 0.1) is 19.2 Å². The zero-order valence-electron chi connectivity index (χ0n) is 16.1. The van der Waals surface area contributed by atoms with Gasteiger partial charge in [-0.1, -0.05) is 18.2 Å². The fraction of sp³-hybridized carbons (Fsp3) is 0.333. The molecule has 8 nitrogen and oxygen atoms in total. The summed E-state index contributed by atoms with van der Waals surface area (Å²) in [4.78, 5) is 25.5. The number of amides is 1. The number of hydrogen-bond acceptors (Lipinski definition) is 6. The molecule has 1 aromatic carbocycles. The van der Waals surface area contributed by atoms with E-state index in [2.05, 4.69) is 15.5 Å². The molecule has 4 rings (SSSR count). The molecule has 29 heavy (non-hydrogen) atoms. The number of carbonyl (C=O) groups is 1. The molecule has 0 saturated carbocycles. The first-order chi connectivity index (χ1) is 14.1. The monoisotopic (exact) mass is 394 g/mol. The van der Waals surface area contributed by atoms with Crippen molar-refractivity contribution in [3.63, 3.8) is 0 Å². The summed E-state index contributed by atoms with van der Waals surface area (Å²) in [7, 11) is 0. The number of nitrogens with zero attached hydrogens (tertiary/aromatic N) is 3. The molecule has 1 fully saturated rings. The van der Waals surface area contributed by atoms with Gasteiger partial charge in [0.25, 0.3) is 11.5 Å². The van der Waals surface area contributed by atoms with Crippen LogP contribution in [0.1, 0.15) is 34.7 Å². The SMILES string of the molecule is Cc1ccn(CC2CCCO2)c(=O)c1C(=O)NCc1nnc(-c2ccccc2)o1. The van der Waals surface area contributed by atoms with Gasteiger partial charge in [-0.2, -0.15) is 0 Å². The number of aromatic nitrogens is 3. The van der Waals surface area contributed by atoms with Crippen molar-refractivity contribution in [2.45, 2.75) is 39.0 Å². The number of carbonyl (C=O) groups excluding carboxylic acids is 1. The minimum atomic E-state index is -0.464. The molecular formula is C21H22N4O4. The summed E-state index contributed by atoms with van der Waals surface area (Å²) >= 11 is 0. The molecule has 1 atom stereocenters. The van der Waals surface area contributed by atoms with Gasteiger partial charge in [-0.3, -0.25) is 9.59 Å². The van der Waals surface area contributed by atoms with E-state index in [0.717, 1.165) is 18.4 Å². The van der Waals surface area contributed by atoms with Crippen LogP contribution in [0.4, 0.5) is 0 Å². The quantitative estimate of drug-likeness (QED) is 0.689. The van der Waals surface area contributed by atoms with Crippen LogP contribution in [0.3, 0.4) is 0 Å². The fourth-order valence-electron chi connectivity index (χ4n) is 3.36. The molecule has 3 heterocycles. The third-order valence-electron chi connectivity index (χ3n) is 4.91. The predicted octanol–water partition coefficient (Wildman–Crippen LogP) is 2.32. The lowest BCUT2D eigenvalue weighted by Crippen LogP contribution is -2.35. The summed E-state index contributed by atoms with van der Waals surface area (Å²) in [5.74, 6) is 0.184. The van der Waals surface area contributed by atoms with E-state index in [1.165, 1.54) is 4.57 Å². The van der Waals surface area contributed by atoms with Crippen LogP contribution in [0.2, 0.25) is 0 Å². The number of nitrogens with one attached hydrogen (secondary N) is 1. The van der Waals surface area contributed by atoms with Crippen LogP contribution >= 0.6 is 0 Å². The molecule has 1 aliphatic rings. The van der Waals surface area contributed by atoms with Gasteiger partial charge in [0, 0.05) is 18.4 Å². The van der Waals surface area contributed by atoms with Gasteiger partial charge in [-0.05, 0) is 43.5 Å². The van der Waals surface area contributed by atoms with E-state index in [-0.39, 0.29) is 29.7 Å². The van der Waals surface area contributed by atoms with Crippen molar-refractivity contribution >= 4 is 5.91 Å². The van der Waals surface area contributed by atoms with Gasteiger partial charge in [0.15, 0.2) is 0 Å². The third-order valence-corrected chi connectivity index (χ3v) is 4.91. The number of ether oxygens (including phenoxy) is 1. The van der Waals surface area contributed by atoms with Crippen molar-refractivity contribution in [2.75, 3.05) is 6.61 Å². The molecule has 0 aliphatic carbocycles. The lowest BCUT2D eigenvalue weighted by atomic mass is 10.1.